The molecule has 1 aliphatic heterocycles. The van der Waals surface area contributed by atoms with E-state index in [1.807, 2.05) is 0 Å². The highest BCUT2D eigenvalue weighted by atomic mass is 16.3. The molecule has 0 aromatic carbocycles. The van der Waals surface area contributed by atoms with Gasteiger partial charge in [-0.2, -0.15) is 0 Å². The standard InChI is InChI=1S/C14H28N2O/c1-15-8-10-16(11-9-15)12-13-6-4-2-3-5-7-14(13)17/h13-14,17H,2-12H2,1H3. The van der Waals surface area contributed by atoms with Gasteiger partial charge in [0.1, 0.15) is 0 Å². The highest BCUT2D eigenvalue weighted by molar-refractivity contribution is 4.78. The van der Waals surface area contributed by atoms with Crippen molar-refractivity contribution in [3.8, 4) is 0 Å². The third kappa shape index (κ3) is 4.23. The molecule has 1 saturated heterocycles. The second-order valence-electron chi connectivity index (χ2n) is 5.92. The Morgan fingerprint density at radius 2 is 1.59 bits per heavy atom. The van der Waals surface area contributed by atoms with Crippen LogP contribution in [0.15, 0.2) is 0 Å². The summed E-state index contributed by atoms with van der Waals surface area (Å²) < 4.78 is 0. The van der Waals surface area contributed by atoms with Crippen molar-refractivity contribution in [2.24, 2.45) is 5.92 Å². The summed E-state index contributed by atoms with van der Waals surface area (Å²) in [7, 11) is 2.20. The van der Waals surface area contributed by atoms with Gasteiger partial charge in [0, 0.05) is 32.7 Å². The van der Waals surface area contributed by atoms with Crippen LogP contribution < -0.4 is 0 Å². The van der Waals surface area contributed by atoms with Crippen LogP contribution in [0.3, 0.4) is 0 Å². The molecule has 2 fully saturated rings. The number of nitrogens with zero attached hydrogens (tertiary/aromatic N) is 2. The molecule has 2 rings (SSSR count). The van der Waals surface area contributed by atoms with E-state index in [9.17, 15) is 5.11 Å². The molecule has 1 saturated carbocycles. The van der Waals surface area contributed by atoms with Crippen molar-refractivity contribution in [3.05, 3.63) is 0 Å². The smallest absolute Gasteiger partial charge is 0.0580 e. The second-order valence-corrected chi connectivity index (χ2v) is 5.92. The van der Waals surface area contributed by atoms with Gasteiger partial charge in [0.05, 0.1) is 6.10 Å². The molecular weight excluding hydrogens is 212 g/mol. The Labute approximate surface area is 106 Å². The monoisotopic (exact) mass is 240 g/mol. The molecule has 0 aromatic heterocycles. The van der Waals surface area contributed by atoms with Gasteiger partial charge in [0.25, 0.3) is 0 Å². The van der Waals surface area contributed by atoms with Gasteiger partial charge in [0.15, 0.2) is 0 Å². The summed E-state index contributed by atoms with van der Waals surface area (Å²) in [5.74, 6) is 0.527. The second kappa shape index (κ2) is 6.72. The zero-order valence-corrected chi connectivity index (χ0v) is 11.3. The molecule has 3 heteroatoms. The Morgan fingerprint density at radius 3 is 2.29 bits per heavy atom. The number of aliphatic hydroxyl groups is 1. The van der Waals surface area contributed by atoms with E-state index in [0.717, 1.165) is 13.0 Å². The first-order chi connectivity index (χ1) is 8.25. The SMILES string of the molecule is CN1CCN(CC2CCCCCCC2O)CC1. The number of piperazine rings is 1. The lowest BCUT2D eigenvalue weighted by atomic mass is 9.88. The number of likely N-dealkylation sites (N-methyl/N-ethyl adjacent to an activating group) is 1. The molecule has 3 nitrogen and oxygen atoms in total. The van der Waals surface area contributed by atoms with E-state index in [1.54, 1.807) is 0 Å². The van der Waals surface area contributed by atoms with Crippen molar-refractivity contribution >= 4 is 0 Å². The summed E-state index contributed by atoms with van der Waals surface area (Å²) in [6.45, 7) is 5.85. The minimum absolute atomic E-state index is 0.0463. The van der Waals surface area contributed by atoms with Crippen molar-refractivity contribution in [3.63, 3.8) is 0 Å². The van der Waals surface area contributed by atoms with Crippen molar-refractivity contribution in [1.29, 1.82) is 0 Å². The van der Waals surface area contributed by atoms with E-state index in [1.165, 1.54) is 58.3 Å². The van der Waals surface area contributed by atoms with Crippen LogP contribution in [0.4, 0.5) is 0 Å². The summed E-state index contributed by atoms with van der Waals surface area (Å²) >= 11 is 0. The molecule has 0 spiro atoms. The van der Waals surface area contributed by atoms with Crippen LogP contribution in [0.1, 0.15) is 38.5 Å². The lowest BCUT2D eigenvalue weighted by molar-refractivity contribution is 0.0462. The zero-order valence-electron chi connectivity index (χ0n) is 11.3. The van der Waals surface area contributed by atoms with Gasteiger partial charge in [-0.25, -0.2) is 0 Å². The predicted molar refractivity (Wildman–Crippen MR) is 71.1 cm³/mol. The van der Waals surface area contributed by atoms with E-state index in [0.29, 0.717) is 5.92 Å². The molecule has 0 amide bonds. The Morgan fingerprint density at radius 1 is 0.941 bits per heavy atom. The molecule has 2 aliphatic rings. The Hall–Kier alpha value is -0.120. The summed E-state index contributed by atoms with van der Waals surface area (Å²) in [4.78, 5) is 4.94. The number of hydrogen-bond donors (Lipinski definition) is 1. The minimum Gasteiger partial charge on any atom is -0.393 e. The van der Waals surface area contributed by atoms with Crippen molar-refractivity contribution in [2.75, 3.05) is 39.8 Å². The molecule has 1 heterocycles. The van der Waals surface area contributed by atoms with Gasteiger partial charge >= 0.3 is 0 Å². The van der Waals surface area contributed by atoms with Gasteiger partial charge in [-0.05, 0) is 25.8 Å². The predicted octanol–water partition coefficient (Wildman–Crippen LogP) is 1.57. The van der Waals surface area contributed by atoms with Gasteiger partial charge < -0.3 is 14.9 Å². The Bertz CT molecular complexity index is 214. The molecule has 0 radical (unpaired) electrons. The zero-order chi connectivity index (χ0) is 12.1. The van der Waals surface area contributed by atoms with Crippen LogP contribution in [0.25, 0.3) is 0 Å². The molecule has 0 bridgehead atoms. The molecule has 100 valence electrons. The molecule has 2 atom stereocenters. The van der Waals surface area contributed by atoms with Crippen LogP contribution in [-0.4, -0.2) is 60.8 Å². The van der Waals surface area contributed by atoms with Crippen molar-refractivity contribution in [2.45, 2.75) is 44.6 Å². The Balaban J connectivity index is 1.78. The third-order valence-corrected chi connectivity index (χ3v) is 4.46. The average molecular weight is 240 g/mol. The summed E-state index contributed by atoms with van der Waals surface area (Å²) in [6, 6.07) is 0. The first-order valence-corrected chi connectivity index (χ1v) is 7.34. The molecular formula is C14H28N2O. The van der Waals surface area contributed by atoms with Crippen molar-refractivity contribution in [1.82, 2.24) is 9.80 Å². The van der Waals surface area contributed by atoms with Crippen LogP contribution in [0.2, 0.25) is 0 Å². The van der Waals surface area contributed by atoms with Crippen LogP contribution >= 0.6 is 0 Å². The fourth-order valence-corrected chi connectivity index (χ4v) is 3.12. The molecule has 17 heavy (non-hydrogen) atoms. The van der Waals surface area contributed by atoms with E-state index < -0.39 is 0 Å². The van der Waals surface area contributed by atoms with E-state index >= 15 is 0 Å². The van der Waals surface area contributed by atoms with Crippen LogP contribution in [-0.2, 0) is 0 Å². The van der Waals surface area contributed by atoms with E-state index in [2.05, 4.69) is 16.8 Å². The first kappa shape index (κ1) is 13.3. The number of rotatable bonds is 2. The molecule has 1 N–H and O–H groups in total. The van der Waals surface area contributed by atoms with Gasteiger partial charge in [-0.1, -0.05) is 25.7 Å². The highest BCUT2D eigenvalue weighted by Gasteiger charge is 2.24. The largest absolute Gasteiger partial charge is 0.393 e. The van der Waals surface area contributed by atoms with E-state index in [-0.39, 0.29) is 6.10 Å². The van der Waals surface area contributed by atoms with Gasteiger partial charge in [-0.3, -0.25) is 0 Å². The molecule has 1 aliphatic carbocycles. The summed E-state index contributed by atoms with van der Waals surface area (Å²) in [6.07, 6.45) is 7.43. The van der Waals surface area contributed by atoms with E-state index in [4.69, 9.17) is 0 Å². The summed E-state index contributed by atoms with van der Waals surface area (Å²) in [5, 5.41) is 10.2. The third-order valence-electron chi connectivity index (χ3n) is 4.46. The van der Waals surface area contributed by atoms with Crippen LogP contribution in [0, 0.1) is 5.92 Å². The normalized spacial score (nSPS) is 34.2. The summed E-state index contributed by atoms with van der Waals surface area (Å²) in [5.41, 5.74) is 0. The maximum Gasteiger partial charge on any atom is 0.0580 e. The topological polar surface area (TPSA) is 26.7 Å². The van der Waals surface area contributed by atoms with Crippen molar-refractivity contribution < 1.29 is 5.11 Å². The fraction of sp³-hybridized carbons (Fsp3) is 1.00. The lowest BCUT2D eigenvalue weighted by Crippen LogP contribution is -2.47. The average Bonchev–Trinajstić information content (AvgIpc) is 2.31. The maximum atomic E-state index is 10.2. The fourth-order valence-electron chi connectivity index (χ4n) is 3.12. The van der Waals surface area contributed by atoms with Gasteiger partial charge in [-0.15, -0.1) is 0 Å². The molecule has 0 aromatic rings. The highest BCUT2D eigenvalue weighted by Crippen LogP contribution is 2.24. The lowest BCUT2D eigenvalue weighted by Gasteiger charge is -2.36. The minimum atomic E-state index is -0.0463. The molecule has 2 unspecified atom stereocenters. The maximum absolute atomic E-state index is 10.2. The first-order valence-electron chi connectivity index (χ1n) is 7.34. The number of aliphatic hydroxyl groups excluding tert-OH is 1. The van der Waals surface area contributed by atoms with Gasteiger partial charge in [0.2, 0.25) is 0 Å². The van der Waals surface area contributed by atoms with Crippen LogP contribution in [0.5, 0.6) is 0 Å². The number of hydrogen-bond acceptors (Lipinski definition) is 3. The quantitative estimate of drug-likeness (QED) is 0.793. The Kier molecular flexibility index (Phi) is 5.26.